The topological polar surface area (TPSA) is 15.8 Å². The lowest BCUT2D eigenvalue weighted by atomic mass is 9.97. The molecule has 120 valence electrons. The molecule has 4 aromatic rings. The SMILES string of the molecule is C1=C(Cc2c(-c3ccccc3)[nH]c3ccccc23)Cc2ccccc21. The lowest BCUT2D eigenvalue weighted by molar-refractivity contribution is 1.08. The Bertz CT molecular complexity index is 1080. The summed E-state index contributed by atoms with van der Waals surface area (Å²) in [4.78, 5) is 3.65. The van der Waals surface area contributed by atoms with Crippen molar-refractivity contribution in [1.29, 1.82) is 0 Å². The summed E-state index contributed by atoms with van der Waals surface area (Å²) in [5, 5.41) is 1.33. The maximum Gasteiger partial charge on any atom is 0.0500 e. The largest absolute Gasteiger partial charge is 0.354 e. The molecule has 0 saturated carbocycles. The highest BCUT2D eigenvalue weighted by Gasteiger charge is 2.17. The first-order chi connectivity index (χ1) is 12.4. The predicted octanol–water partition coefficient (Wildman–Crippen LogP) is 6.02. The van der Waals surface area contributed by atoms with Crippen LogP contribution in [-0.2, 0) is 12.8 Å². The molecule has 3 aromatic carbocycles. The van der Waals surface area contributed by atoms with E-state index < -0.39 is 0 Å². The van der Waals surface area contributed by atoms with E-state index >= 15 is 0 Å². The summed E-state index contributed by atoms with van der Waals surface area (Å²) in [5.41, 5.74) is 9.43. The van der Waals surface area contributed by atoms with Gasteiger partial charge in [-0.05, 0) is 41.2 Å². The van der Waals surface area contributed by atoms with Gasteiger partial charge in [-0.15, -0.1) is 0 Å². The van der Waals surface area contributed by atoms with Crippen LogP contribution in [0.1, 0.15) is 16.7 Å². The normalized spacial score (nSPS) is 13.0. The average molecular weight is 321 g/mol. The van der Waals surface area contributed by atoms with Crippen LogP contribution < -0.4 is 0 Å². The number of allylic oxidation sites excluding steroid dienone is 1. The molecule has 0 radical (unpaired) electrons. The number of aromatic nitrogens is 1. The van der Waals surface area contributed by atoms with Gasteiger partial charge >= 0.3 is 0 Å². The molecular formula is C24H19N. The van der Waals surface area contributed by atoms with Gasteiger partial charge in [0.05, 0.1) is 5.69 Å². The van der Waals surface area contributed by atoms with Gasteiger partial charge in [-0.25, -0.2) is 0 Å². The number of hydrogen-bond donors (Lipinski definition) is 1. The number of benzene rings is 3. The van der Waals surface area contributed by atoms with E-state index in [1.807, 2.05) is 0 Å². The fourth-order valence-electron chi connectivity index (χ4n) is 3.93. The van der Waals surface area contributed by atoms with Crippen molar-refractivity contribution in [2.75, 3.05) is 0 Å². The van der Waals surface area contributed by atoms with Crippen molar-refractivity contribution in [3.05, 3.63) is 101 Å². The Labute approximate surface area is 147 Å². The molecule has 0 amide bonds. The van der Waals surface area contributed by atoms with E-state index in [0.29, 0.717) is 0 Å². The molecule has 1 heteroatoms. The molecule has 1 nitrogen and oxygen atoms in total. The summed E-state index contributed by atoms with van der Waals surface area (Å²) in [6, 6.07) is 28.0. The molecule has 5 rings (SSSR count). The van der Waals surface area contributed by atoms with Gasteiger partial charge in [0.25, 0.3) is 0 Å². The van der Waals surface area contributed by atoms with Crippen LogP contribution in [-0.4, -0.2) is 4.98 Å². The summed E-state index contributed by atoms with van der Waals surface area (Å²) in [6.45, 7) is 0. The maximum absolute atomic E-state index is 3.65. The zero-order valence-electron chi connectivity index (χ0n) is 14.0. The molecule has 1 heterocycles. The molecule has 0 atom stereocenters. The highest BCUT2D eigenvalue weighted by Crippen LogP contribution is 2.35. The Morgan fingerprint density at radius 3 is 2.40 bits per heavy atom. The number of fused-ring (bicyclic) bond motifs is 2. The number of aromatic amines is 1. The van der Waals surface area contributed by atoms with Gasteiger partial charge in [-0.2, -0.15) is 0 Å². The molecule has 0 saturated heterocycles. The zero-order chi connectivity index (χ0) is 16.6. The summed E-state index contributed by atoms with van der Waals surface area (Å²) in [5.74, 6) is 0. The van der Waals surface area contributed by atoms with Crippen LogP contribution in [0.4, 0.5) is 0 Å². The molecule has 0 bridgehead atoms. The highest BCUT2D eigenvalue weighted by atomic mass is 14.7. The molecule has 0 spiro atoms. The molecule has 1 aliphatic rings. The van der Waals surface area contributed by atoms with Gasteiger partial charge in [0.15, 0.2) is 0 Å². The van der Waals surface area contributed by atoms with E-state index in [-0.39, 0.29) is 0 Å². The van der Waals surface area contributed by atoms with Crippen molar-refractivity contribution in [2.24, 2.45) is 0 Å². The number of H-pyrrole nitrogens is 1. The first kappa shape index (κ1) is 14.3. The quantitative estimate of drug-likeness (QED) is 0.475. The van der Waals surface area contributed by atoms with E-state index in [4.69, 9.17) is 0 Å². The maximum atomic E-state index is 3.65. The van der Waals surface area contributed by atoms with Gasteiger partial charge in [0.2, 0.25) is 0 Å². The van der Waals surface area contributed by atoms with Gasteiger partial charge < -0.3 is 4.98 Å². The fraction of sp³-hybridized carbons (Fsp3) is 0.0833. The monoisotopic (exact) mass is 321 g/mol. The first-order valence-corrected chi connectivity index (χ1v) is 8.81. The van der Waals surface area contributed by atoms with Crippen LogP contribution in [0.5, 0.6) is 0 Å². The molecule has 0 fully saturated rings. The van der Waals surface area contributed by atoms with Crippen LogP contribution in [0, 0.1) is 0 Å². The Hall–Kier alpha value is -3.06. The van der Waals surface area contributed by atoms with Crippen LogP contribution in [0.2, 0.25) is 0 Å². The third kappa shape index (κ3) is 2.49. The van der Waals surface area contributed by atoms with E-state index in [1.54, 1.807) is 0 Å². The second-order valence-electron chi connectivity index (χ2n) is 6.75. The Kier molecular flexibility index (Phi) is 3.31. The molecule has 1 aromatic heterocycles. The van der Waals surface area contributed by atoms with E-state index in [9.17, 15) is 0 Å². The lowest BCUT2D eigenvalue weighted by Gasteiger charge is -2.07. The fourth-order valence-corrected chi connectivity index (χ4v) is 3.93. The van der Waals surface area contributed by atoms with Crippen molar-refractivity contribution in [3.8, 4) is 11.3 Å². The third-order valence-electron chi connectivity index (χ3n) is 5.11. The van der Waals surface area contributed by atoms with Crippen LogP contribution in [0.15, 0.2) is 84.4 Å². The molecular weight excluding hydrogens is 302 g/mol. The summed E-state index contributed by atoms with van der Waals surface area (Å²) in [6.07, 6.45) is 4.42. The van der Waals surface area contributed by atoms with E-state index in [2.05, 4.69) is 89.9 Å². The van der Waals surface area contributed by atoms with Crippen molar-refractivity contribution in [3.63, 3.8) is 0 Å². The molecule has 0 unspecified atom stereocenters. The van der Waals surface area contributed by atoms with Crippen LogP contribution in [0.3, 0.4) is 0 Å². The number of para-hydroxylation sites is 1. The van der Waals surface area contributed by atoms with Gasteiger partial charge in [-0.3, -0.25) is 0 Å². The van der Waals surface area contributed by atoms with E-state index in [0.717, 1.165) is 12.8 Å². The lowest BCUT2D eigenvalue weighted by Crippen LogP contribution is -1.93. The smallest absolute Gasteiger partial charge is 0.0500 e. The minimum absolute atomic E-state index is 0.989. The van der Waals surface area contributed by atoms with Gasteiger partial charge in [0, 0.05) is 10.9 Å². The second kappa shape index (κ2) is 5.78. The van der Waals surface area contributed by atoms with Gasteiger partial charge in [0.1, 0.15) is 0 Å². The summed E-state index contributed by atoms with van der Waals surface area (Å²) < 4.78 is 0. The predicted molar refractivity (Wildman–Crippen MR) is 106 cm³/mol. The summed E-state index contributed by atoms with van der Waals surface area (Å²) in [7, 11) is 0. The number of nitrogens with one attached hydrogen (secondary N) is 1. The number of rotatable bonds is 3. The Morgan fingerprint density at radius 2 is 1.52 bits per heavy atom. The standard InChI is InChI=1S/C24H19N/c1-2-8-18(9-3-1)24-22(21-12-6-7-13-23(21)25-24)16-17-14-19-10-4-5-11-20(19)15-17/h1-14,25H,15-16H2. The van der Waals surface area contributed by atoms with Gasteiger partial charge in [-0.1, -0.05) is 84.4 Å². The van der Waals surface area contributed by atoms with E-state index in [1.165, 1.54) is 44.4 Å². The third-order valence-corrected chi connectivity index (χ3v) is 5.11. The van der Waals surface area contributed by atoms with Crippen LogP contribution >= 0.6 is 0 Å². The van der Waals surface area contributed by atoms with Crippen molar-refractivity contribution in [1.82, 2.24) is 4.98 Å². The Morgan fingerprint density at radius 1 is 0.760 bits per heavy atom. The summed E-state index contributed by atoms with van der Waals surface area (Å²) >= 11 is 0. The average Bonchev–Trinajstić information content (AvgIpc) is 3.24. The highest BCUT2D eigenvalue weighted by molar-refractivity contribution is 5.91. The Balaban J connectivity index is 1.61. The van der Waals surface area contributed by atoms with Crippen molar-refractivity contribution in [2.45, 2.75) is 12.8 Å². The minimum Gasteiger partial charge on any atom is -0.354 e. The first-order valence-electron chi connectivity index (χ1n) is 8.81. The van der Waals surface area contributed by atoms with Crippen molar-refractivity contribution >= 4 is 17.0 Å². The second-order valence-corrected chi connectivity index (χ2v) is 6.75. The number of hydrogen-bond acceptors (Lipinski definition) is 0. The molecule has 1 aliphatic carbocycles. The van der Waals surface area contributed by atoms with Crippen molar-refractivity contribution < 1.29 is 0 Å². The molecule has 0 aliphatic heterocycles. The molecule has 25 heavy (non-hydrogen) atoms. The van der Waals surface area contributed by atoms with Crippen LogP contribution in [0.25, 0.3) is 28.2 Å². The molecule has 1 N–H and O–H groups in total. The zero-order valence-corrected chi connectivity index (χ0v) is 14.0. The minimum atomic E-state index is 0.989.